The zero-order chi connectivity index (χ0) is 18.8. The van der Waals surface area contributed by atoms with Crippen molar-refractivity contribution in [1.29, 1.82) is 0 Å². The molecule has 0 radical (unpaired) electrons. The molecular formula is C20H31N5O. The minimum atomic E-state index is 0.250. The molecule has 1 fully saturated rings. The van der Waals surface area contributed by atoms with E-state index in [9.17, 15) is 4.79 Å². The van der Waals surface area contributed by atoms with Gasteiger partial charge in [0.25, 0.3) is 0 Å². The molecule has 2 aromatic heterocycles. The maximum absolute atomic E-state index is 12.8. The van der Waals surface area contributed by atoms with Gasteiger partial charge in [-0.1, -0.05) is 0 Å². The lowest BCUT2D eigenvalue weighted by Crippen LogP contribution is -2.40. The van der Waals surface area contributed by atoms with Crippen molar-refractivity contribution in [3.8, 4) is 0 Å². The Bertz CT molecular complexity index is 773. The second kappa shape index (κ2) is 7.64. The van der Waals surface area contributed by atoms with Gasteiger partial charge in [0.2, 0.25) is 5.91 Å². The number of rotatable bonds is 5. The number of piperidine rings is 1. The first-order valence-corrected chi connectivity index (χ1v) is 9.68. The van der Waals surface area contributed by atoms with Crippen LogP contribution >= 0.6 is 0 Å². The molecule has 0 spiro atoms. The van der Waals surface area contributed by atoms with E-state index < -0.39 is 0 Å². The quantitative estimate of drug-likeness (QED) is 0.826. The van der Waals surface area contributed by atoms with Gasteiger partial charge in [-0.25, -0.2) is 4.98 Å². The van der Waals surface area contributed by atoms with Crippen LogP contribution in [0.5, 0.6) is 0 Å². The smallest absolute Gasteiger partial charge is 0.222 e. The average Bonchev–Trinajstić information content (AvgIpc) is 3.19. The summed E-state index contributed by atoms with van der Waals surface area (Å²) < 4.78 is 4.14. The van der Waals surface area contributed by atoms with Gasteiger partial charge in [0.15, 0.2) is 0 Å². The van der Waals surface area contributed by atoms with Gasteiger partial charge in [-0.3, -0.25) is 9.48 Å². The largest absolute Gasteiger partial charge is 0.342 e. The fraction of sp³-hybridized carbons (Fsp3) is 0.650. The van der Waals surface area contributed by atoms with Crippen molar-refractivity contribution < 1.29 is 4.79 Å². The van der Waals surface area contributed by atoms with E-state index in [0.29, 0.717) is 18.4 Å². The van der Waals surface area contributed by atoms with E-state index in [1.807, 2.05) is 29.7 Å². The molecule has 1 aliphatic rings. The summed E-state index contributed by atoms with van der Waals surface area (Å²) in [4.78, 5) is 19.4. The SMILES string of the molecule is Cc1nn(C)c(C)c1CCC(=O)N1CCC[C@@H](c2nccn2C(C)C)C1. The Kier molecular flexibility index (Phi) is 5.49. The highest BCUT2D eigenvalue weighted by Crippen LogP contribution is 2.28. The fourth-order valence-electron chi connectivity index (χ4n) is 4.06. The van der Waals surface area contributed by atoms with Crippen molar-refractivity contribution in [2.45, 2.75) is 65.3 Å². The molecule has 6 heteroatoms. The average molecular weight is 358 g/mol. The number of carbonyl (C=O) groups excluding carboxylic acids is 1. The Balaban J connectivity index is 1.64. The van der Waals surface area contributed by atoms with Crippen LogP contribution in [0.1, 0.15) is 67.8 Å². The summed E-state index contributed by atoms with van der Waals surface area (Å²) in [7, 11) is 1.96. The van der Waals surface area contributed by atoms with Crippen molar-refractivity contribution in [3.63, 3.8) is 0 Å². The Hall–Kier alpha value is -2.11. The molecule has 1 aliphatic heterocycles. The molecule has 0 bridgehead atoms. The van der Waals surface area contributed by atoms with Crippen LogP contribution in [0.3, 0.4) is 0 Å². The second-order valence-corrected chi connectivity index (χ2v) is 7.74. The van der Waals surface area contributed by atoms with Gasteiger partial charge >= 0.3 is 0 Å². The van der Waals surface area contributed by atoms with Crippen molar-refractivity contribution in [2.24, 2.45) is 7.05 Å². The predicted octanol–water partition coefficient (Wildman–Crippen LogP) is 3.15. The van der Waals surface area contributed by atoms with Crippen LogP contribution in [-0.4, -0.2) is 43.2 Å². The summed E-state index contributed by atoms with van der Waals surface area (Å²) in [5.41, 5.74) is 3.41. The van der Waals surface area contributed by atoms with Crippen molar-refractivity contribution in [3.05, 3.63) is 35.2 Å². The molecule has 26 heavy (non-hydrogen) atoms. The molecule has 0 saturated carbocycles. The Labute approximate surface area is 156 Å². The lowest BCUT2D eigenvalue weighted by atomic mass is 9.96. The second-order valence-electron chi connectivity index (χ2n) is 7.74. The Morgan fingerprint density at radius 3 is 2.77 bits per heavy atom. The van der Waals surface area contributed by atoms with E-state index in [1.165, 1.54) is 5.56 Å². The summed E-state index contributed by atoms with van der Waals surface area (Å²) in [5, 5.41) is 4.45. The monoisotopic (exact) mass is 357 g/mol. The van der Waals surface area contributed by atoms with Crippen molar-refractivity contribution >= 4 is 5.91 Å². The minimum absolute atomic E-state index is 0.250. The van der Waals surface area contributed by atoms with Crippen LogP contribution in [0.25, 0.3) is 0 Å². The molecule has 2 aromatic rings. The maximum Gasteiger partial charge on any atom is 0.222 e. The minimum Gasteiger partial charge on any atom is -0.342 e. The van der Waals surface area contributed by atoms with E-state index >= 15 is 0 Å². The van der Waals surface area contributed by atoms with Crippen molar-refractivity contribution in [1.82, 2.24) is 24.2 Å². The van der Waals surface area contributed by atoms with Gasteiger partial charge < -0.3 is 9.47 Å². The van der Waals surface area contributed by atoms with Gasteiger partial charge in [-0.2, -0.15) is 5.10 Å². The lowest BCUT2D eigenvalue weighted by molar-refractivity contribution is -0.132. The van der Waals surface area contributed by atoms with Gasteiger partial charge in [0.1, 0.15) is 5.82 Å². The number of aromatic nitrogens is 4. The van der Waals surface area contributed by atoms with E-state index in [-0.39, 0.29) is 5.91 Å². The summed E-state index contributed by atoms with van der Waals surface area (Å²) in [6, 6.07) is 0.398. The van der Waals surface area contributed by atoms with E-state index in [1.54, 1.807) is 0 Å². The highest BCUT2D eigenvalue weighted by atomic mass is 16.2. The molecule has 1 saturated heterocycles. The first-order chi connectivity index (χ1) is 12.4. The van der Waals surface area contributed by atoms with Gasteiger partial charge in [-0.05, 0) is 52.5 Å². The molecular weight excluding hydrogens is 326 g/mol. The summed E-state index contributed by atoms with van der Waals surface area (Å²) in [5.74, 6) is 1.71. The fourth-order valence-corrected chi connectivity index (χ4v) is 4.06. The topological polar surface area (TPSA) is 56.0 Å². The Morgan fingerprint density at radius 2 is 2.12 bits per heavy atom. The van der Waals surface area contributed by atoms with Gasteiger partial charge in [0, 0.05) is 56.6 Å². The zero-order valence-electron chi connectivity index (χ0n) is 16.7. The van der Waals surface area contributed by atoms with Crippen LogP contribution < -0.4 is 0 Å². The molecule has 1 amide bonds. The summed E-state index contributed by atoms with van der Waals surface area (Å²) >= 11 is 0. The number of carbonyl (C=O) groups is 1. The third kappa shape index (κ3) is 3.69. The number of hydrogen-bond acceptors (Lipinski definition) is 3. The van der Waals surface area contributed by atoms with Crippen LogP contribution in [0.2, 0.25) is 0 Å². The third-order valence-corrected chi connectivity index (χ3v) is 5.64. The van der Waals surface area contributed by atoms with Gasteiger partial charge in [0.05, 0.1) is 5.69 Å². The number of amides is 1. The predicted molar refractivity (Wildman–Crippen MR) is 102 cm³/mol. The number of aryl methyl sites for hydroxylation is 2. The molecule has 0 aromatic carbocycles. The number of imidazole rings is 1. The molecule has 1 atom stereocenters. The normalized spacial score (nSPS) is 17.9. The zero-order valence-corrected chi connectivity index (χ0v) is 16.7. The maximum atomic E-state index is 12.8. The van der Waals surface area contributed by atoms with Crippen molar-refractivity contribution in [2.75, 3.05) is 13.1 Å². The molecule has 0 aliphatic carbocycles. The molecule has 3 heterocycles. The van der Waals surface area contributed by atoms with Crippen LogP contribution in [0.4, 0.5) is 0 Å². The third-order valence-electron chi connectivity index (χ3n) is 5.64. The van der Waals surface area contributed by atoms with Crippen LogP contribution in [0.15, 0.2) is 12.4 Å². The van der Waals surface area contributed by atoms with E-state index in [0.717, 1.165) is 49.6 Å². The van der Waals surface area contributed by atoms with E-state index in [2.05, 4.69) is 41.6 Å². The molecule has 3 rings (SSSR count). The highest BCUT2D eigenvalue weighted by molar-refractivity contribution is 5.76. The number of likely N-dealkylation sites (tertiary alicyclic amines) is 1. The molecule has 6 nitrogen and oxygen atoms in total. The number of nitrogens with zero attached hydrogens (tertiary/aromatic N) is 5. The van der Waals surface area contributed by atoms with E-state index in [4.69, 9.17) is 0 Å². The van der Waals surface area contributed by atoms with Gasteiger partial charge in [-0.15, -0.1) is 0 Å². The molecule has 0 unspecified atom stereocenters. The first kappa shape index (κ1) is 18.7. The Morgan fingerprint density at radius 1 is 1.35 bits per heavy atom. The molecule has 142 valence electrons. The standard InChI is InChI=1S/C20H31N5O/c1-14(2)25-12-10-21-20(25)17-7-6-11-24(13-17)19(26)9-8-18-15(3)22-23(5)16(18)4/h10,12,14,17H,6-9,11,13H2,1-5H3/t17-/m1/s1. The summed E-state index contributed by atoms with van der Waals surface area (Å²) in [6.45, 7) is 10.1. The van der Waals surface area contributed by atoms with Crippen LogP contribution in [0, 0.1) is 13.8 Å². The highest BCUT2D eigenvalue weighted by Gasteiger charge is 2.28. The summed E-state index contributed by atoms with van der Waals surface area (Å²) in [6.07, 6.45) is 7.41. The lowest BCUT2D eigenvalue weighted by Gasteiger charge is -2.33. The number of hydrogen-bond donors (Lipinski definition) is 0. The first-order valence-electron chi connectivity index (χ1n) is 9.68. The van der Waals surface area contributed by atoms with Crippen LogP contribution in [-0.2, 0) is 18.3 Å². The molecule has 0 N–H and O–H groups in total.